The van der Waals surface area contributed by atoms with Crippen molar-refractivity contribution in [2.45, 2.75) is 32.6 Å². The fourth-order valence-electron chi connectivity index (χ4n) is 3.34. The third-order valence-electron chi connectivity index (χ3n) is 4.66. The quantitative estimate of drug-likeness (QED) is 0.634. The molecule has 0 bridgehead atoms. The van der Waals surface area contributed by atoms with Crippen LogP contribution in [0.4, 0.5) is 4.39 Å². The van der Waals surface area contributed by atoms with Crippen LogP contribution in [0.5, 0.6) is 0 Å². The van der Waals surface area contributed by atoms with Gasteiger partial charge in [-0.25, -0.2) is 4.39 Å². The fourth-order valence-corrected chi connectivity index (χ4v) is 3.34. The molecule has 1 heterocycles. The second-order valence-electron chi connectivity index (χ2n) is 6.53. The SMILES string of the molecule is C#CCC1CC(=O)C(c2cc(-c3ncc(C)cc3F)ccc2C)C1=O. The Morgan fingerprint density at radius 3 is 2.72 bits per heavy atom. The summed E-state index contributed by atoms with van der Waals surface area (Å²) in [5, 5.41) is 0. The molecule has 2 unspecified atom stereocenters. The number of ketones is 2. The number of pyridine rings is 1. The molecule has 0 saturated heterocycles. The first-order valence-corrected chi connectivity index (χ1v) is 8.15. The molecule has 0 spiro atoms. The maximum Gasteiger partial charge on any atom is 0.152 e. The summed E-state index contributed by atoms with van der Waals surface area (Å²) in [5.41, 5.74) is 2.94. The van der Waals surface area contributed by atoms with Crippen LogP contribution < -0.4 is 0 Å². The van der Waals surface area contributed by atoms with Crippen LogP contribution in [-0.2, 0) is 9.59 Å². The summed E-state index contributed by atoms with van der Waals surface area (Å²) < 4.78 is 14.2. The van der Waals surface area contributed by atoms with Crippen molar-refractivity contribution in [1.29, 1.82) is 0 Å². The van der Waals surface area contributed by atoms with Gasteiger partial charge in [0.15, 0.2) is 5.78 Å². The van der Waals surface area contributed by atoms with Crippen LogP contribution in [-0.4, -0.2) is 16.6 Å². The summed E-state index contributed by atoms with van der Waals surface area (Å²) in [5.74, 6) is 0.547. The van der Waals surface area contributed by atoms with E-state index in [4.69, 9.17) is 6.42 Å². The topological polar surface area (TPSA) is 47.0 Å². The van der Waals surface area contributed by atoms with Gasteiger partial charge in [0.05, 0.1) is 0 Å². The predicted molar refractivity (Wildman–Crippen MR) is 93.4 cm³/mol. The molecule has 0 amide bonds. The van der Waals surface area contributed by atoms with Crippen molar-refractivity contribution in [1.82, 2.24) is 4.98 Å². The van der Waals surface area contributed by atoms with Gasteiger partial charge in [-0.1, -0.05) is 12.1 Å². The first-order chi connectivity index (χ1) is 11.9. The number of aryl methyl sites for hydroxylation is 2. The Balaban J connectivity index is 2.05. The number of halogens is 1. The van der Waals surface area contributed by atoms with Crippen molar-refractivity contribution in [3.63, 3.8) is 0 Å². The molecular formula is C21H18FNO2. The van der Waals surface area contributed by atoms with Gasteiger partial charge in [-0.3, -0.25) is 14.6 Å². The van der Waals surface area contributed by atoms with E-state index in [1.165, 1.54) is 6.07 Å². The van der Waals surface area contributed by atoms with Gasteiger partial charge in [0, 0.05) is 30.5 Å². The lowest BCUT2D eigenvalue weighted by molar-refractivity contribution is -0.124. The van der Waals surface area contributed by atoms with Crippen molar-refractivity contribution in [3.05, 3.63) is 53.0 Å². The Bertz CT molecular complexity index is 911. The zero-order valence-corrected chi connectivity index (χ0v) is 14.2. The molecule has 2 atom stereocenters. The van der Waals surface area contributed by atoms with E-state index in [1.54, 1.807) is 31.3 Å². The average Bonchev–Trinajstić information content (AvgIpc) is 2.83. The summed E-state index contributed by atoms with van der Waals surface area (Å²) in [4.78, 5) is 29.2. The van der Waals surface area contributed by atoms with E-state index < -0.39 is 17.7 Å². The number of aromatic nitrogens is 1. The normalized spacial score (nSPS) is 19.9. The number of carbonyl (C=O) groups is 2. The van der Waals surface area contributed by atoms with Crippen LogP contribution in [0.25, 0.3) is 11.3 Å². The van der Waals surface area contributed by atoms with Crippen LogP contribution in [0.2, 0.25) is 0 Å². The summed E-state index contributed by atoms with van der Waals surface area (Å²) in [6.07, 6.45) is 7.33. The third kappa shape index (κ3) is 3.10. The second-order valence-corrected chi connectivity index (χ2v) is 6.53. The fraction of sp³-hybridized carbons (Fsp3) is 0.286. The van der Waals surface area contributed by atoms with Gasteiger partial charge in [-0.15, -0.1) is 12.3 Å². The lowest BCUT2D eigenvalue weighted by Gasteiger charge is -2.14. The molecule has 0 N–H and O–H groups in total. The molecule has 3 nitrogen and oxygen atoms in total. The minimum Gasteiger partial charge on any atom is -0.298 e. The molecule has 126 valence electrons. The monoisotopic (exact) mass is 335 g/mol. The number of Topliss-reactive ketones (excluding diaryl/α,β-unsaturated/α-hetero) is 2. The lowest BCUT2D eigenvalue weighted by atomic mass is 9.88. The molecule has 1 saturated carbocycles. The Morgan fingerprint density at radius 1 is 1.28 bits per heavy atom. The Kier molecular flexibility index (Phi) is 4.50. The van der Waals surface area contributed by atoms with Gasteiger partial charge in [-0.2, -0.15) is 0 Å². The van der Waals surface area contributed by atoms with Gasteiger partial charge < -0.3 is 0 Å². The van der Waals surface area contributed by atoms with Gasteiger partial charge in [0.25, 0.3) is 0 Å². The molecule has 2 aromatic rings. The summed E-state index contributed by atoms with van der Waals surface area (Å²) in [7, 11) is 0. The second kappa shape index (κ2) is 6.60. The first kappa shape index (κ1) is 17.0. The molecule has 1 aromatic heterocycles. The number of hydrogen-bond acceptors (Lipinski definition) is 3. The van der Waals surface area contributed by atoms with E-state index in [9.17, 15) is 14.0 Å². The Morgan fingerprint density at radius 2 is 2.04 bits per heavy atom. The van der Waals surface area contributed by atoms with Crippen molar-refractivity contribution < 1.29 is 14.0 Å². The van der Waals surface area contributed by atoms with E-state index in [0.717, 1.165) is 11.1 Å². The molecule has 3 rings (SSSR count). The highest BCUT2D eigenvalue weighted by atomic mass is 19.1. The zero-order chi connectivity index (χ0) is 18.1. The molecule has 0 radical (unpaired) electrons. The number of benzene rings is 1. The molecular weight excluding hydrogens is 317 g/mol. The third-order valence-corrected chi connectivity index (χ3v) is 4.66. The standard InChI is InChI=1S/C21H18FNO2/c1-4-5-15-10-18(24)19(21(15)25)16-9-14(7-6-13(16)3)20-17(22)8-12(2)11-23-20/h1,6-9,11,15,19H,5,10H2,2-3H3. The van der Waals surface area contributed by atoms with Crippen LogP contribution in [0, 0.1) is 37.9 Å². The molecule has 1 fully saturated rings. The molecule has 4 heteroatoms. The number of carbonyl (C=O) groups excluding carboxylic acids is 2. The van der Waals surface area contributed by atoms with Gasteiger partial charge in [0.1, 0.15) is 23.2 Å². The predicted octanol–water partition coefficient (Wildman–Crippen LogP) is 3.77. The number of rotatable bonds is 3. The average molecular weight is 335 g/mol. The highest BCUT2D eigenvalue weighted by molar-refractivity contribution is 6.14. The molecule has 1 aliphatic carbocycles. The van der Waals surface area contributed by atoms with Crippen molar-refractivity contribution in [3.8, 4) is 23.6 Å². The zero-order valence-electron chi connectivity index (χ0n) is 14.2. The Hall–Kier alpha value is -2.80. The van der Waals surface area contributed by atoms with Crippen LogP contribution in [0.3, 0.4) is 0 Å². The van der Waals surface area contributed by atoms with Gasteiger partial charge in [-0.05, 0) is 42.7 Å². The van der Waals surface area contributed by atoms with E-state index in [0.29, 0.717) is 11.1 Å². The maximum atomic E-state index is 14.2. The molecule has 25 heavy (non-hydrogen) atoms. The largest absolute Gasteiger partial charge is 0.298 e. The number of hydrogen-bond donors (Lipinski definition) is 0. The Labute approximate surface area is 146 Å². The summed E-state index contributed by atoms with van der Waals surface area (Å²) in [6.45, 7) is 3.61. The van der Waals surface area contributed by atoms with Crippen LogP contribution in [0.1, 0.15) is 35.4 Å². The molecule has 1 aromatic carbocycles. The first-order valence-electron chi connectivity index (χ1n) is 8.15. The maximum absolute atomic E-state index is 14.2. The smallest absolute Gasteiger partial charge is 0.152 e. The van der Waals surface area contributed by atoms with Crippen LogP contribution >= 0.6 is 0 Å². The number of terminal acetylenes is 1. The molecule has 1 aliphatic rings. The van der Waals surface area contributed by atoms with Gasteiger partial charge >= 0.3 is 0 Å². The van der Waals surface area contributed by atoms with Crippen LogP contribution in [0.15, 0.2) is 30.5 Å². The van der Waals surface area contributed by atoms with E-state index in [1.807, 2.05) is 6.92 Å². The molecule has 0 aliphatic heterocycles. The van der Waals surface area contributed by atoms with E-state index in [2.05, 4.69) is 10.9 Å². The summed E-state index contributed by atoms with van der Waals surface area (Å²) in [6, 6.07) is 6.66. The van der Waals surface area contributed by atoms with E-state index in [-0.39, 0.29) is 30.1 Å². The highest BCUT2D eigenvalue weighted by Gasteiger charge is 2.42. The number of nitrogens with zero attached hydrogens (tertiary/aromatic N) is 1. The van der Waals surface area contributed by atoms with Gasteiger partial charge in [0.2, 0.25) is 0 Å². The lowest BCUT2D eigenvalue weighted by Crippen LogP contribution is -2.16. The van der Waals surface area contributed by atoms with E-state index >= 15 is 0 Å². The summed E-state index contributed by atoms with van der Waals surface area (Å²) >= 11 is 0. The van der Waals surface area contributed by atoms with Crippen molar-refractivity contribution in [2.75, 3.05) is 0 Å². The minimum absolute atomic E-state index is 0.122. The van der Waals surface area contributed by atoms with Crippen molar-refractivity contribution in [2.24, 2.45) is 5.92 Å². The minimum atomic E-state index is -0.813. The van der Waals surface area contributed by atoms with Crippen molar-refractivity contribution >= 4 is 11.6 Å². The highest BCUT2D eigenvalue weighted by Crippen LogP contribution is 2.37.